The van der Waals surface area contributed by atoms with Gasteiger partial charge in [-0.15, -0.1) is 11.8 Å². The molecule has 0 bridgehead atoms. The Kier molecular flexibility index (Phi) is 8.43. The lowest BCUT2D eigenvalue weighted by Crippen LogP contribution is -2.24. The predicted molar refractivity (Wildman–Crippen MR) is 72.5 cm³/mol. The van der Waals surface area contributed by atoms with Crippen LogP contribution in [0.1, 0.15) is 27.2 Å². The maximum Gasteiger partial charge on any atom is 0.263 e. The largest absolute Gasteiger partial charge is 0.352 e. The Morgan fingerprint density at radius 2 is 2.00 bits per heavy atom. The number of nitrogens with zero attached hydrogens (tertiary/aromatic N) is 1. The molecule has 0 atom stereocenters. The number of allylic oxidation sites excluding steroid dienone is 1. The molecular weight excluding hydrogens is 248 g/mol. The van der Waals surface area contributed by atoms with E-state index in [0.29, 0.717) is 17.9 Å². The minimum absolute atomic E-state index is 0.0240. The monoisotopic (exact) mass is 264 g/mol. The van der Waals surface area contributed by atoms with Gasteiger partial charge in [-0.05, 0) is 13.8 Å². The zero-order valence-corrected chi connectivity index (χ0v) is 11.6. The van der Waals surface area contributed by atoms with Crippen LogP contribution >= 0.6 is 11.8 Å². The fourth-order valence-electron chi connectivity index (χ4n) is 0.967. The lowest BCUT2D eigenvalue weighted by molar-refractivity contribution is -0.117. The number of carbonyl (C=O) groups is 2. The van der Waals surface area contributed by atoms with E-state index in [0.717, 1.165) is 11.8 Å². The molecule has 5 heteroatoms. The molecule has 0 spiro atoms. The second-order valence-electron chi connectivity index (χ2n) is 3.32. The first-order valence-electron chi connectivity index (χ1n) is 5.60. The third kappa shape index (κ3) is 6.12. The standard InChI is InChI=1S/C13H16N2O2S/c1-4-6-7-12(18-9-10(3)16)11(8-14)13(17)15-5-2/h4-5,9H2,1-3H3,(H,15,17)/b12-11-. The van der Waals surface area contributed by atoms with Crippen molar-refractivity contribution in [3.8, 4) is 17.9 Å². The van der Waals surface area contributed by atoms with Crippen LogP contribution in [-0.4, -0.2) is 24.0 Å². The molecule has 0 heterocycles. The Labute approximate surface area is 112 Å². The number of likely N-dealkylation sites (N-methyl/N-ethyl adjacent to an activating group) is 1. The van der Waals surface area contributed by atoms with E-state index in [4.69, 9.17) is 5.26 Å². The van der Waals surface area contributed by atoms with Crippen molar-refractivity contribution in [1.29, 1.82) is 5.26 Å². The van der Waals surface area contributed by atoms with Crippen LogP contribution in [0.25, 0.3) is 0 Å². The summed E-state index contributed by atoms with van der Waals surface area (Å²) in [7, 11) is 0. The SMILES string of the molecule is CCC#C/C(SCC(C)=O)=C(\C#N)C(=O)NCC. The van der Waals surface area contributed by atoms with E-state index in [9.17, 15) is 9.59 Å². The van der Waals surface area contributed by atoms with Crippen molar-refractivity contribution in [2.45, 2.75) is 27.2 Å². The van der Waals surface area contributed by atoms with E-state index in [1.54, 1.807) is 6.92 Å². The zero-order chi connectivity index (χ0) is 14.0. The summed E-state index contributed by atoms with van der Waals surface area (Å²) >= 11 is 1.13. The number of hydrogen-bond acceptors (Lipinski definition) is 4. The third-order valence-corrected chi connectivity index (χ3v) is 2.85. The number of nitrogens with one attached hydrogen (secondary N) is 1. The van der Waals surface area contributed by atoms with Gasteiger partial charge in [0.1, 0.15) is 17.4 Å². The minimum atomic E-state index is -0.448. The molecule has 4 nitrogen and oxygen atoms in total. The molecule has 0 saturated carbocycles. The van der Waals surface area contributed by atoms with Crippen LogP contribution in [0.5, 0.6) is 0 Å². The summed E-state index contributed by atoms with van der Waals surface area (Å²) in [6, 6.07) is 1.85. The van der Waals surface area contributed by atoms with Crippen molar-refractivity contribution in [2.75, 3.05) is 12.3 Å². The number of Topliss-reactive ketones (excluding diaryl/α,β-unsaturated/α-hetero) is 1. The van der Waals surface area contributed by atoms with Crippen molar-refractivity contribution < 1.29 is 9.59 Å². The van der Waals surface area contributed by atoms with Crippen molar-refractivity contribution >= 4 is 23.5 Å². The molecule has 0 aliphatic rings. The highest BCUT2D eigenvalue weighted by Crippen LogP contribution is 2.19. The van der Waals surface area contributed by atoms with Crippen LogP contribution < -0.4 is 5.32 Å². The lowest BCUT2D eigenvalue weighted by Gasteiger charge is -2.03. The summed E-state index contributed by atoms with van der Waals surface area (Å²) in [6.07, 6.45) is 0.623. The van der Waals surface area contributed by atoms with Crippen LogP contribution in [0.15, 0.2) is 10.5 Å². The highest BCUT2D eigenvalue weighted by molar-refractivity contribution is 8.04. The normalized spacial score (nSPS) is 10.6. The summed E-state index contributed by atoms with van der Waals surface area (Å²) in [5, 5.41) is 11.6. The molecule has 0 fully saturated rings. The van der Waals surface area contributed by atoms with Crippen molar-refractivity contribution in [3.05, 3.63) is 10.5 Å². The number of ketones is 1. The molecule has 0 aromatic heterocycles. The van der Waals surface area contributed by atoms with Crippen molar-refractivity contribution in [1.82, 2.24) is 5.32 Å². The molecule has 96 valence electrons. The number of hydrogen-bond donors (Lipinski definition) is 1. The average Bonchev–Trinajstić information content (AvgIpc) is 2.32. The highest BCUT2D eigenvalue weighted by Gasteiger charge is 2.14. The molecule has 18 heavy (non-hydrogen) atoms. The maximum atomic E-state index is 11.7. The summed E-state index contributed by atoms with van der Waals surface area (Å²) in [5.41, 5.74) is -0.0240. The van der Waals surface area contributed by atoms with E-state index in [2.05, 4.69) is 17.2 Å². The number of nitriles is 1. The van der Waals surface area contributed by atoms with Gasteiger partial charge in [-0.3, -0.25) is 9.59 Å². The first-order valence-corrected chi connectivity index (χ1v) is 6.59. The van der Waals surface area contributed by atoms with Crippen LogP contribution in [0, 0.1) is 23.2 Å². The number of rotatable bonds is 5. The number of amides is 1. The van der Waals surface area contributed by atoms with Gasteiger partial charge in [0.15, 0.2) is 0 Å². The van der Waals surface area contributed by atoms with E-state index in [-0.39, 0.29) is 17.1 Å². The molecule has 1 amide bonds. The van der Waals surface area contributed by atoms with Crippen LogP contribution in [-0.2, 0) is 9.59 Å². The third-order valence-electron chi connectivity index (χ3n) is 1.70. The van der Waals surface area contributed by atoms with Crippen LogP contribution in [0.2, 0.25) is 0 Å². The van der Waals surface area contributed by atoms with E-state index >= 15 is 0 Å². The fraction of sp³-hybridized carbons (Fsp3) is 0.462. The molecular formula is C13H16N2O2S. The van der Waals surface area contributed by atoms with Crippen LogP contribution in [0.4, 0.5) is 0 Å². The summed E-state index contributed by atoms with van der Waals surface area (Å²) in [4.78, 5) is 23.0. The summed E-state index contributed by atoms with van der Waals surface area (Å²) in [5.74, 6) is 5.32. The molecule has 0 aromatic rings. The van der Waals surface area contributed by atoms with Crippen molar-refractivity contribution in [2.24, 2.45) is 0 Å². The Balaban J connectivity index is 5.25. The quantitative estimate of drug-likeness (QED) is 0.465. The zero-order valence-electron chi connectivity index (χ0n) is 10.8. The maximum absolute atomic E-state index is 11.7. The fourth-order valence-corrected chi connectivity index (χ4v) is 1.74. The number of thioether (sulfide) groups is 1. The van der Waals surface area contributed by atoms with E-state index < -0.39 is 5.91 Å². The summed E-state index contributed by atoms with van der Waals surface area (Å²) in [6.45, 7) is 5.54. The predicted octanol–water partition coefficient (Wildman–Crippen LogP) is 1.64. The minimum Gasteiger partial charge on any atom is -0.352 e. The Morgan fingerprint density at radius 1 is 1.33 bits per heavy atom. The topological polar surface area (TPSA) is 70.0 Å². The molecule has 0 radical (unpaired) electrons. The van der Waals surface area contributed by atoms with Gasteiger partial charge in [0, 0.05) is 13.0 Å². The van der Waals surface area contributed by atoms with Crippen molar-refractivity contribution in [3.63, 3.8) is 0 Å². The molecule has 0 aliphatic carbocycles. The van der Waals surface area contributed by atoms with Crippen LogP contribution in [0.3, 0.4) is 0 Å². The molecule has 0 unspecified atom stereocenters. The number of carbonyl (C=O) groups excluding carboxylic acids is 2. The van der Waals surface area contributed by atoms with Gasteiger partial charge >= 0.3 is 0 Å². The van der Waals surface area contributed by atoms with Gasteiger partial charge in [-0.2, -0.15) is 5.26 Å². The van der Waals surface area contributed by atoms with E-state index in [1.165, 1.54) is 6.92 Å². The molecule has 0 saturated heterocycles. The Morgan fingerprint density at radius 3 is 2.44 bits per heavy atom. The van der Waals surface area contributed by atoms with E-state index in [1.807, 2.05) is 13.0 Å². The molecule has 0 aliphatic heterocycles. The smallest absolute Gasteiger partial charge is 0.263 e. The van der Waals surface area contributed by atoms with Gasteiger partial charge in [-0.25, -0.2) is 0 Å². The van der Waals surface area contributed by atoms with Gasteiger partial charge in [0.25, 0.3) is 5.91 Å². The highest BCUT2D eigenvalue weighted by atomic mass is 32.2. The second kappa shape index (κ2) is 9.32. The molecule has 0 aromatic carbocycles. The van der Waals surface area contributed by atoms with Gasteiger partial charge in [0.05, 0.1) is 10.7 Å². The molecule has 1 N–H and O–H groups in total. The van der Waals surface area contributed by atoms with Gasteiger partial charge in [0.2, 0.25) is 0 Å². The lowest BCUT2D eigenvalue weighted by atomic mass is 10.2. The van der Waals surface area contributed by atoms with Gasteiger partial charge < -0.3 is 5.32 Å². The second-order valence-corrected chi connectivity index (χ2v) is 4.31. The Bertz CT molecular complexity index is 450. The van der Waals surface area contributed by atoms with Gasteiger partial charge in [-0.1, -0.05) is 18.8 Å². The molecule has 0 rings (SSSR count). The first kappa shape index (κ1) is 16.3. The average molecular weight is 264 g/mol. The summed E-state index contributed by atoms with van der Waals surface area (Å²) < 4.78 is 0. The Hall–Kier alpha value is -1.72. The first-order chi connectivity index (χ1) is 8.56.